The highest BCUT2D eigenvalue weighted by Gasteiger charge is 2.17. The number of carbonyl (C=O) groups is 1. The first kappa shape index (κ1) is 10.5. The van der Waals surface area contributed by atoms with E-state index in [1.807, 2.05) is 0 Å². The Kier molecular flexibility index (Phi) is 3.41. The number of aliphatic hydroxyl groups is 1. The quantitative estimate of drug-likeness (QED) is 0.666. The van der Waals surface area contributed by atoms with E-state index in [1.165, 1.54) is 0 Å². The van der Waals surface area contributed by atoms with Crippen molar-refractivity contribution in [1.29, 1.82) is 0 Å². The normalized spacial score (nSPS) is 14.4. The molecule has 0 aliphatic rings. The van der Waals surface area contributed by atoms with Crippen LogP contribution in [0.1, 0.15) is 18.6 Å². The summed E-state index contributed by atoms with van der Waals surface area (Å²) in [6.07, 6.45) is 1.10. The summed E-state index contributed by atoms with van der Waals surface area (Å²) < 4.78 is 0. The van der Waals surface area contributed by atoms with Gasteiger partial charge in [-0.05, 0) is 24.6 Å². The third kappa shape index (κ3) is 2.70. The fourth-order valence-electron chi connectivity index (χ4n) is 1.12. The SMILES string of the molecule is C[C@H](NC(=O)O)[C@H](O)c1ccncc1. The Morgan fingerprint density at radius 1 is 1.50 bits per heavy atom. The zero-order chi connectivity index (χ0) is 10.6. The van der Waals surface area contributed by atoms with Gasteiger partial charge < -0.3 is 15.5 Å². The number of pyridine rings is 1. The van der Waals surface area contributed by atoms with Crippen LogP contribution in [-0.2, 0) is 0 Å². The predicted octanol–water partition coefficient (Wildman–Crippen LogP) is 0.771. The van der Waals surface area contributed by atoms with Gasteiger partial charge >= 0.3 is 6.09 Å². The molecule has 0 aromatic carbocycles. The Hall–Kier alpha value is -1.62. The minimum Gasteiger partial charge on any atom is -0.465 e. The van der Waals surface area contributed by atoms with Crippen molar-refractivity contribution in [2.45, 2.75) is 19.1 Å². The fraction of sp³-hybridized carbons (Fsp3) is 0.333. The maximum atomic E-state index is 10.3. The first-order valence-electron chi connectivity index (χ1n) is 4.18. The second kappa shape index (κ2) is 4.57. The minimum atomic E-state index is -1.15. The molecule has 0 unspecified atom stereocenters. The molecule has 0 radical (unpaired) electrons. The Bertz CT molecular complexity index is 302. The molecule has 1 rings (SSSR count). The van der Waals surface area contributed by atoms with Gasteiger partial charge in [0.15, 0.2) is 0 Å². The van der Waals surface area contributed by atoms with E-state index in [0.29, 0.717) is 5.56 Å². The van der Waals surface area contributed by atoms with E-state index in [9.17, 15) is 9.90 Å². The second-order valence-corrected chi connectivity index (χ2v) is 2.96. The standard InChI is InChI=1S/C9H12N2O3/c1-6(11-9(13)14)8(12)7-2-4-10-5-3-7/h2-6,8,11-12H,1H3,(H,13,14)/t6-,8-/m0/s1. The van der Waals surface area contributed by atoms with Gasteiger partial charge in [0.25, 0.3) is 0 Å². The summed E-state index contributed by atoms with van der Waals surface area (Å²) >= 11 is 0. The van der Waals surface area contributed by atoms with Crippen molar-refractivity contribution in [2.75, 3.05) is 0 Å². The van der Waals surface area contributed by atoms with Crippen molar-refractivity contribution in [3.63, 3.8) is 0 Å². The number of carboxylic acid groups (broad SMARTS) is 1. The molecule has 0 fully saturated rings. The summed E-state index contributed by atoms with van der Waals surface area (Å²) in [5, 5.41) is 20.3. The second-order valence-electron chi connectivity index (χ2n) is 2.96. The number of rotatable bonds is 3. The predicted molar refractivity (Wildman–Crippen MR) is 49.8 cm³/mol. The van der Waals surface area contributed by atoms with Crippen molar-refractivity contribution in [2.24, 2.45) is 0 Å². The molecule has 76 valence electrons. The maximum Gasteiger partial charge on any atom is 0.404 e. The van der Waals surface area contributed by atoms with Gasteiger partial charge in [-0.25, -0.2) is 4.79 Å². The number of nitrogens with zero attached hydrogens (tertiary/aromatic N) is 1. The number of aromatic nitrogens is 1. The monoisotopic (exact) mass is 196 g/mol. The van der Waals surface area contributed by atoms with Crippen LogP contribution < -0.4 is 5.32 Å². The van der Waals surface area contributed by atoms with Gasteiger partial charge in [-0.2, -0.15) is 0 Å². The summed E-state index contributed by atoms with van der Waals surface area (Å²) in [6, 6.07) is 2.74. The first-order valence-corrected chi connectivity index (χ1v) is 4.18. The lowest BCUT2D eigenvalue weighted by Crippen LogP contribution is -2.35. The molecule has 0 aliphatic carbocycles. The molecular formula is C9H12N2O3. The van der Waals surface area contributed by atoms with Crippen molar-refractivity contribution in [1.82, 2.24) is 10.3 Å². The van der Waals surface area contributed by atoms with Crippen LogP contribution in [0.25, 0.3) is 0 Å². The fourth-order valence-corrected chi connectivity index (χ4v) is 1.12. The van der Waals surface area contributed by atoms with E-state index in [1.54, 1.807) is 31.5 Å². The lowest BCUT2D eigenvalue weighted by Gasteiger charge is -2.18. The summed E-state index contributed by atoms with van der Waals surface area (Å²) in [6.45, 7) is 1.60. The van der Waals surface area contributed by atoms with Crippen molar-refractivity contribution in [3.8, 4) is 0 Å². The molecule has 0 aliphatic heterocycles. The summed E-state index contributed by atoms with van der Waals surface area (Å²) in [4.78, 5) is 14.1. The lowest BCUT2D eigenvalue weighted by atomic mass is 10.1. The highest BCUT2D eigenvalue weighted by molar-refractivity contribution is 5.64. The summed E-state index contributed by atoms with van der Waals surface area (Å²) in [5.41, 5.74) is 0.640. The average Bonchev–Trinajstić information content (AvgIpc) is 2.17. The summed E-state index contributed by atoms with van der Waals surface area (Å²) in [5.74, 6) is 0. The van der Waals surface area contributed by atoms with Gasteiger partial charge in [0.05, 0.1) is 12.1 Å². The van der Waals surface area contributed by atoms with Crippen LogP contribution in [0, 0.1) is 0 Å². The van der Waals surface area contributed by atoms with Crippen LogP contribution >= 0.6 is 0 Å². The number of hydrogen-bond acceptors (Lipinski definition) is 3. The van der Waals surface area contributed by atoms with Crippen LogP contribution in [-0.4, -0.2) is 27.3 Å². The Labute approximate surface area is 81.4 Å². The minimum absolute atomic E-state index is 0.546. The first-order chi connectivity index (χ1) is 6.61. The van der Waals surface area contributed by atoms with Crippen LogP contribution in [0.4, 0.5) is 4.79 Å². The van der Waals surface area contributed by atoms with Gasteiger partial charge in [0, 0.05) is 12.4 Å². The van der Waals surface area contributed by atoms with E-state index in [4.69, 9.17) is 5.11 Å². The van der Waals surface area contributed by atoms with Crippen LogP contribution in [0.3, 0.4) is 0 Å². The van der Waals surface area contributed by atoms with Gasteiger partial charge in [-0.1, -0.05) is 0 Å². The van der Waals surface area contributed by atoms with Gasteiger partial charge in [0.2, 0.25) is 0 Å². The van der Waals surface area contributed by atoms with Crippen LogP contribution in [0.5, 0.6) is 0 Å². The molecule has 1 aromatic heterocycles. The molecule has 0 spiro atoms. The maximum absolute atomic E-state index is 10.3. The largest absolute Gasteiger partial charge is 0.465 e. The van der Waals surface area contributed by atoms with Gasteiger partial charge in [-0.3, -0.25) is 4.98 Å². The molecular weight excluding hydrogens is 184 g/mol. The van der Waals surface area contributed by atoms with E-state index < -0.39 is 18.2 Å². The average molecular weight is 196 g/mol. The number of aliphatic hydroxyl groups excluding tert-OH is 1. The third-order valence-electron chi connectivity index (χ3n) is 1.87. The zero-order valence-electron chi connectivity index (χ0n) is 7.71. The molecule has 0 bridgehead atoms. The lowest BCUT2D eigenvalue weighted by molar-refractivity contribution is 0.127. The number of amides is 1. The molecule has 5 heteroatoms. The smallest absolute Gasteiger partial charge is 0.404 e. The molecule has 2 atom stereocenters. The molecule has 1 aromatic rings. The van der Waals surface area contributed by atoms with Gasteiger partial charge in [0.1, 0.15) is 0 Å². The van der Waals surface area contributed by atoms with E-state index >= 15 is 0 Å². The molecule has 1 amide bonds. The number of nitrogens with one attached hydrogen (secondary N) is 1. The van der Waals surface area contributed by atoms with Crippen molar-refractivity contribution in [3.05, 3.63) is 30.1 Å². The highest BCUT2D eigenvalue weighted by Crippen LogP contribution is 2.14. The van der Waals surface area contributed by atoms with Crippen molar-refractivity contribution < 1.29 is 15.0 Å². The zero-order valence-corrected chi connectivity index (χ0v) is 7.71. The van der Waals surface area contributed by atoms with E-state index in [-0.39, 0.29) is 0 Å². The van der Waals surface area contributed by atoms with Crippen molar-refractivity contribution >= 4 is 6.09 Å². The van der Waals surface area contributed by atoms with Crippen LogP contribution in [0.2, 0.25) is 0 Å². The number of hydrogen-bond donors (Lipinski definition) is 3. The van der Waals surface area contributed by atoms with E-state index in [0.717, 1.165) is 0 Å². The molecule has 0 saturated heterocycles. The molecule has 3 N–H and O–H groups in total. The molecule has 5 nitrogen and oxygen atoms in total. The molecule has 0 saturated carbocycles. The summed E-state index contributed by atoms with van der Waals surface area (Å²) in [7, 11) is 0. The molecule has 1 heterocycles. The Morgan fingerprint density at radius 3 is 2.57 bits per heavy atom. The third-order valence-corrected chi connectivity index (χ3v) is 1.87. The Morgan fingerprint density at radius 2 is 2.07 bits per heavy atom. The topological polar surface area (TPSA) is 82.5 Å². The van der Waals surface area contributed by atoms with Gasteiger partial charge in [-0.15, -0.1) is 0 Å². The highest BCUT2D eigenvalue weighted by atomic mass is 16.4. The Balaban J connectivity index is 2.65. The van der Waals surface area contributed by atoms with E-state index in [2.05, 4.69) is 10.3 Å². The molecule has 14 heavy (non-hydrogen) atoms. The van der Waals surface area contributed by atoms with Crippen LogP contribution in [0.15, 0.2) is 24.5 Å².